The smallest absolute Gasteiger partial charge is 0.289 e. The summed E-state index contributed by atoms with van der Waals surface area (Å²) in [6.45, 7) is 0. The van der Waals surface area contributed by atoms with Crippen LogP contribution in [0.4, 0.5) is 4.79 Å². The first-order valence-electron chi connectivity index (χ1n) is 8.76. The van der Waals surface area contributed by atoms with Gasteiger partial charge in [-0.05, 0) is 41.5 Å². The molecule has 4 rings (SSSR count). The SMILES string of the molecule is O=C(N[C@H]1CCCC[C@@H]1N1C(=O)CSC1=O)c1cccc(-n2cnnn2)c1. The molecule has 140 valence electrons. The Balaban J connectivity index is 1.52. The minimum atomic E-state index is -0.277. The maximum atomic E-state index is 12.8. The highest BCUT2D eigenvalue weighted by Crippen LogP contribution is 2.30. The van der Waals surface area contributed by atoms with Crippen LogP contribution in [-0.2, 0) is 4.79 Å². The van der Waals surface area contributed by atoms with E-state index in [1.165, 1.54) is 15.9 Å². The number of carbonyl (C=O) groups excluding carboxylic acids is 3. The van der Waals surface area contributed by atoms with Crippen LogP contribution in [0.15, 0.2) is 30.6 Å². The fourth-order valence-electron chi connectivity index (χ4n) is 3.59. The second kappa shape index (κ2) is 7.47. The summed E-state index contributed by atoms with van der Waals surface area (Å²) in [7, 11) is 0. The van der Waals surface area contributed by atoms with Gasteiger partial charge in [-0.15, -0.1) is 5.10 Å². The second-order valence-corrected chi connectivity index (χ2v) is 7.48. The number of thioether (sulfide) groups is 1. The fourth-order valence-corrected chi connectivity index (χ4v) is 4.36. The summed E-state index contributed by atoms with van der Waals surface area (Å²) in [6.07, 6.45) is 4.80. The Labute approximate surface area is 159 Å². The van der Waals surface area contributed by atoms with E-state index in [1.807, 2.05) is 0 Å². The van der Waals surface area contributed by atoms with Gasteiger partial charge in [-0.1, -0.05) is 30.7 Å². The van der Waals surface area contributed by atoms with Crippen LogP contribution in [0.3, 0.4) is 0 Å². The third kappa shape index (κ3) is 3.57. The van der Waals surface area contributed by atoms with Gasteiger partial charge in [-0.2, -0.15) is 0 Å². The minimum absolute atomic E-state index is 0.170. The number of nitrogens with one attached hydrogen (secondary N) is 1. The average molecular weight is 386 g/mol. The number of aromatic nitrogens is 4. The predicted molar refractivity (Wildman–Crippen MR) is 97.4 cm³/mol. The summed E-state index contributed by atoms with van der Waals surface area (Å²) in [5.74, 6) is -0.227. The molecule has 1 N–H and O–H groups in total. The zero-order valence-corrected chi connectivity index (χ0v) is 15.3. The molecule has 1 aromatic carbocycles. The zero-order chi connectivity index (χ0) is 18.8. The molecule has 1 aromatic heterocycles. The molecule has 9 nitrogen and oxygen atoms in total. The standard InChI is InChI=1S/C17H18N6O3S/c24-15-9-27-17(26)23(15)14-7-2-1-6-13(14)19-16(25)11-4-3-5-12(8-11)22-10-18-20-21-22/h3-5,8,10,13-14H,1-2,6-7,9H2,(H,19,25)/t13-,14-/m0/s1. The average Bonchev–Trinajstić information content (AvgIpc) is 3.33. The van der Waals surface area contributed by atoms with Crippen molar-refractivity contribution < 1.29 is 14.4 Å². The number of hydrogen-bond acceptors (Lipinski definition) is 7. The van der Waals surface area contributed by atoms with E-state index in [0.29, 0.717) is 17.7 Å². The molecule has 3 amide bonds. The van der Waals surface area contributed by atoms with Gasteiger partial charge in [0.1, 0.15) is 6.33 Å². The van der Waals surface area contributed by atoms with Crippen LogP contribution in [-0.4, -0.2) is 60.0 Å². The molecule has 2 heterocycles. The number of imide groups is 1. The Morgan fingerprint density at radius 1 is 1.22 bits per heavy atom. The van der Waals surface area contributed by atoms with Crippen LogP contribution in [0, 0.1) is 0 Å². The highest BCUT2D eigenvalue weighted by Gasteiger charge is 2.41. The lowest BCUT2D eigenvalue weighted by Gasteiger charge is -2.36. The summed E-state index contributed by atoms with van der Waals surface area (Å²) >= 11 is 1.03. The van der Waals surface area contributed by atoms with Crippen LogP contribution < -0.4 is 5.32 Å². The second-order valence-electron chi connectivity index (χ2n) is 6.55. The minimum Gasteiger partial charge on any atom is -0.347 e. The third-order valence-electron chi connectivity index (χ3n) is 4.88. The number of rotatable bonds is 4. The maximum absolute atomic E-state index is 12.8. The van der Waals surface area contributed by atoms with Crippen molar-refractivity contribution in [2.24, 2.45) is 0 Å². The van der Waals surface area contributed by atoms with E-state index in [9.17, 15) is 14.4 Å². The first-order chi connectivity index (χ1) is 13.1. The Kier molecular flexibility index (Phi) is 4.88. The zero-order valence-electron chi connectivity index (χ0n) is 14.4. The van der Waals surface area contributed by atoms with E-state index < -0.39 is 0 Å². The van der Waals surface area contributed by atoms with Gasteiger partial charge in [0, 0.05) is 5.56 Å². The monoisotopic (exact) mass is 386 g/mol. The Morgan fingerprint density at radius 2 is 2.07 bits per heavy atom. The lowest BCUT2D eigenvalue weighted by Crippen LogP contribution is -2.54. The maximum Gasteiger partial charge on any atom is 0.289 e. The van der Waals surface area contributed by atoms with Gasteiger partial charge in [-0.3, -0.25) is 19.3 Å². The molecule has 1 aliphatic heterocycles. The van der Waals surface area contributed by atoms with Gasteiger partial charge >= 0.3 is 0 Å². The predicted octanol–water partition coefficient (Wildman–Crippen LogP) is 1.40. The van der Waals surface area contributed by atoms with Crippen molar-refractivity contribution in [3.63, 3.8) is 0 Å². The summed E-state index contributed by atoms with van der Waals surface area (Å²) in [5.41, 5.74) is 1.15. The van der Waals surface area contributed by atoms with Crippen molar-refractivity contribution in [3.8, 4) is 5.69 Å². The summed E-state index contributed by atoms with van der Waals surface area (Å²) in [5, 5.41) is 13.8. The van der Waals surface area contributed by atoms with Gasteiger partial charge in [0.25, 0.3) is 11.1 Å². The molecule has 2 fully saturated rings. The number of nitrogens with zero attached hydrogens (tertiary/aromatic N) is 5. The molecule has 0 unspecified atom stereocenters. The number of carbonyl (C=O) groups is 3. The molecule has 2 atom stereocenters. The van der Waals surface area contributed by atoms with Crippen molar-refractivity contribution in [1.29, 1.82) is 0 Å². The molecule has 1 aliphatic carbocycles. The van der Waals surface area contributed by atoms with Crippen LogP contribution in [0.2, 0.25) is 0 Å². The van der Waals surface area contributed by atoms with Gasteiger partial charge < -0.3 is 5.32 Å². The molecular formula is C17H18N6O3S. The van der Waals surface area contributed by atoms with Crippen molar-refractivity contribution in [2.45, 2.75) is 37.8 Å². The van der Waals surface area contributed by atoms with Gasteiger partial charge in [0.15, 0.2) is 0 Å². The van der Waals surface area contributed by atoms with Gasteiger partial charge in [0.05, 0.1) is 23.5 Å². The Hall–Kier alpha value is -2.75. The van der Waals surface area contributed by atoms with E-state index in [0.717, 1.165) is 31.0 Å². The molecular weight excluding hydrogens is 368 g/mol. The normalized spacial score (nSPS) is 22.9. The first-order valence-corrected chi connectivity index (χ1v) is 9.75. The number of tetrazole rings is 1. The van der Waals surface area contributed by atoms with Crippen molar-refractivity contribution in [2.75, 3.05) is 5.75 Å². The molecule has 27 heavy (non-hydrogen) atoms. The van der Waals surface area contributed by atoms with Crippen molar-refractivity contribution >= 4 is 28.8 Å². The number of amides is 3. The van der Waals surface area contributed by atoms with E-state index in [1.54, 1.807) is 24.3 Å². The van der Waals surface area contributed by atoms with Crippen LogP contribution in [0.25, 0.3) is 5.69 Å². The largest absolute Gasteiger partial charge is 0.347 e. The molecule has 1 saturated carbocycles. The lowest BCUT2D eigenvalue weighted by molar-refractivity contribution is -0.127. The number of benzene rings is 1. The topological polar surface area (TPSA) is 110 Å². The quantitative estimate of drug-likeness (QED) is 0.845. The molecule has 2 aliphatic rings. The molecule has 0 spiro atoms. The molecule has 0 bridgehead atoms. The van der Waals surface area contributed by atoms with E-state index in [4.69, 9.17) is 0 Å². The van der Waals surface area contributed by atoms with E-state index in [2.05, 4.69) is 20.8 Å². The highest BCUT2D eigenvalue weighted by molar-refractivity contribution is 8.14. The van der Waals surface area contributed by atoms with Crippen LogP contribution >= 0.6 is 11.8 Å². The van der Waals surface area contributed by atoms with Crippen LogP contribution in [0.1, 0.15) is 36.0 Å². The van der Waals surface area contributed by atoms with Crippen molar-refractivity contribution in [1.82, 2.24) is 30.4 Å². The molecule has 10 heteroatoms. The summed E-state index contributed by atoms with van der Waals surface area (Å²) < 4.78 is 1.47. The van der Waals surface area contributed by atoms with Gasteiger partial charge in [-0.25, -0.2) is 4.68 Å². The Bertz CT molecular complexity index is 855. The summed E-state index contributed by atoms with van der Waals surface area (Å²) in [6, 6.07) is 6.45. The van der Waals surface area contributed by atoms with E-state index in [-0.39, 0.29) is 34.9 Å². The van der Waals surface area contributed by atoms with Crippen LogP contribution in [0.5, 0.6) is 0 Å². The highest BCUT2D eigenvalue weighted by atomic mass is 32.2. The third-order valence-corrected chi connectivity index (χ3v) is 5.72. The molecule has 1 saturated heterocycles. The van der Waals surface area contributed by atoms with Gasteiger partial charge in [0.2, 0.25) is 5.91 Å². The number of hydrogen-bond donors (Lipinski definition) is 1. The van der Waals surface area contributed by atoms with Crippen molar-refractivity contribution in [3.05, 3.63) is 36.2 Å². The fraction of sp³-hybridized carbons (Fsp3) is 0.412. The Morgan fingerprint density at radius 3 is 2.81 bits per heavy atom. The molecule has 0 radical (unpaired) electrons. The lowest BCUT2D eigenvalue weighted by atomic mass is 9.89. The summed E-state index contributed by atoms with van der Waals surface area (Å²) in [4.78, 5) is 38.3. The van der Waals surface area contributed by atoms with E-state index >= 15 is 0 Å². The molecule has 2 aromatic rings. The first kappa shape index (κ1) is 17.7.